The third-order valence-corrected chi connectivity index (χ3v) is 4.89. The Morgan fingerprint density at radius 3 is 2.50 bits per heavy atom. The minimum atomic E-state index is -5.12. The number of aromatic nitrogens is 6. The van der Waals surface area contributed by atoms with Gasteiger partial charge in [0, 0.05) is 0 Å². The molecular formula is C21H12F6N8O. The molecule has 4 rings (SSSR count). The van der Waals surface area contributed by atoms with Gasteiger partial charge in [0.1, 0.15) is 17.4 Å². The zero-order chi connectivity index (χ0) is 26.0. The quantitative estimate of drug-likeness (QED) is 0.394. The van der Waals surface area contributed by atoms with Gasteiger partial charge in [0.2, 0.25) is 0 Å². The van der Waals surface area contributed by atoms with Crippen molar-refractivity contribution in [2.24, 2.45) is 0 Å². The van der Waals surface area contributed by atoms with Crippen molar-refractivity contribution in [1.82, 2.24) is 29.8 Å². The van der Waals surface area contributed by atoms with Gasteiger partial charge in [0.25, 0.3) is 12.3 Å². The summed E-state index contributed by atoms with van der Waals surface area (Å²) >= 11 is 0. The van der Waals surface area contributed by atoms with Crippen LogP contribution in [0.1, 0.15) is 39.2 Å². The second-order valence-electron chi connectivity index (χ2n) is 7.16. The number of hydrogen-bond donors (Lipinski definition) is 1. The summed E-state index contributed by atoms with van der Waals surface area (Å²) in [6, 6.07) is 5.85. The first-order chi connectivity index (χ1) is 17.1. The minimum Gasteiger partial charge on any atom is -0.320 e. The van der Waals surface area contributed by atoms with Crippen LogP contribution in [-0.4, -0.2) is 35.7 Å². The van der Waals surface area contributed by atoms with Crippen molar-refractivity contribution >= 4 is 11.6 Å². The van der Waals surface area contributed by atoms with Crippen molar-refractivity contribution in [3.05, 3.63) is 82.8 Å². The number of hydrogen-bond acceptors (Lipinski definition) is 6. The fourth-order valence-corrected chi connectivity index (χ4v) is 3.39. The lowest BCUT2D eigenvalue weighted by Gasteiger charge is -2.15. The molecule has 0 bridgehead atoms. The van der Waals surface area contributed by atoms with E-state index in [1.54, 1.807) is 0 Å². The van der Waals surface area contributed by atoms with Crippen LogP contribution in [0.3, 0.4) is 0 Å². The van der Waals surface area contributed by atoms with Crippen molar-refractivity contribution in [3.63, 3.8) is 0 Å². The molecule has 1 amide bonds. The number of nitriles is 1. The highest BCUT2D eigenvalue weighted by atomic mass is 19.4. The number of carbonyl (C=O) groups is 1. The monoisotopic (exact) mass is 506 g/mol. The summed E-state index contributed by atoms with van der Waals surface area (Å²) in [4.78, 5) is 17.7. The number of pyridine rings is 1. The maximum Gasteiger partial charge on any atom is 0.433 e. The average Bonchev–Trinajstić information content (AvgIpc) is 3.49. The normalized spacial score (nSPS) is 11.5. The number of benzene rings is 1. The van der Waals surface area contributed by atoms with Crippen molar-refractivity contribution in [3.8, 4) is 11.9 Å². The average molecular weight is 506 g/mol. The van der Waals surface area contributed by atoms with Crippen LogP contribution < -0.4 is 5.32 Å². The SMILES string of the molecule is N#Cc1cc(NC(=O)c2cnn(Cc3cccc(F)c3C(F)F)c2C(F)(F)F)cnc1-n1nccn1. The van der Waals surface area contributed by atoms with Crippen LogP contribution >= 0.6 is 0 Å². The third kappa shape index (κ3) is 4.73. The van der Waals surface area contributed by atoms with E-state index in [4.69, 9.17) is 0 Å². The highest BCUT2D eigenvalue weighted by Gasteiger charge is 2.40. The van der Waals surface area contributed by atoms with E-state index in [-0.39, 0.29) is 17.1 Å². The Morgan fingerprint density at radius 1 is 1.14 bits per heavy atom. The van der Waals surface area contributed by atoms with E-state index >= 15 is 0 Å². The molecule has 0 fully saturated rings. The Morgan fingerprint density at radius 2 is 1.86 bits per heavy atom. The van der Waals surface area contributed by atoms with E-state index in [0.717, 1.165) is 35.3 Å². The summed E-state index contributed by atoms with van der Waals surface area (Å²) in [5, 5.41) is 22.7. The number of carbonyl (C=O) groups excluding carboxylic acids is 1. The zero-order valence-corrected chi connectivity index (χ0v) is 17.7. The van der Waals surface area contributed by atoms with Crippen molar-refractivity contribution < 1.29 is 31.1 Å². The molecule has 3 heterocycles. The van der Waals surface area contributed by atoms with Crippen LogP contribution in [0.15, 0.2) is 49.1 Å². The molecule has 1 aromatic carbocycles. The first-order valence-electron chi connectivity index (χ1n) is 9.86. The van der Waals surface area contributed by atoms with E-state index in [9.17, 15) is 36.4 Å². The number of nitrogens with one attached hydrogen (secondary N) is 1. The first-order valence-corrected chi connectivity index (χ1v) is 9.86. The molecule has 0 unspecified atom stereocenters. The Kier molecular flexibility index (Phi) is 6.43. The Hall–Kier alpha value is -4.74. The van der Waals surface area contributed by atoms with Crippen LogP contribution in [-0.2, 0) is 12.7 Å². The van der Waals surface area contributed by atoms with E-state index in [1.807, 2.05) is 6.07 Å². The molecule has 0 radical (unpaired) electrons. The highest BCUT2D eigenvalue weighted by Crippen LogP contribution is 2.34. The fourth-order valence-electron chi connectivity index (χ4n) is 3.39. The number of amides is 1. The highest BCUT2D eigenvalue weighted by molar-refractivity contribution is 6.05. The Balaban J connectivity index is 1.67. The fraction of sp³-hybridized carbons (Fsp3) is 0.143. The molecule has 0 saturated heterocycles. The molecule has 0 aliphatic carbocycles. The number of nitrogens with zero attached hydrogens (tertiary/aromatic N) is 7. The van der Waals surface area contributed by atoms with Crippen LogP contribution in [0, 0.1) is 17.1 Å². The second kappa shape index (κ2) is 9.49. The van der Waals surface area contributed by atoms with Crippen molar-refractivity contribution in [1.29, 1.82) is 5.26 Å². The van der Waals surface area contributed by atoms with Gasteiger partial charge in [-0.05, 0) is 17.7 Å². The standard InChI is InChI=1S/C21H12F6N8O/c22-15-3-1-2-11(16(15)18(23)24)10-34-17(21(25,26)27)14(9-32-34)20(36)33-13-6-12(7-28)19(29-8-13)35-30-4-5-31-35/h1-6,8-9,18H,10H2,(H,33,36). The number of anilines is 1. The van der Waals surface area contributed by atoms with Crippen molar-refractivity contribution in [2.75, 3.05) is 5.32 Å². The Bertz CT molecular complexity index is 1460. The molecule has 0 spiro atoms. The molecule has 4 aromatic rings. The third-order valence-electron chi connectivity index (χ3n) is 4.89. The van der Waals surface area contributed by atoms with Crippen LogP contribution in [0.2, 0.25) is 0 Å². The smallest absolute Gasteiger partial charge is 0.320 e. The maximum atomic E-state index is 13.9. The maximum absolute atomic E-state index is 13.9. The van der Waals surface area contributed by atoms with Gasteiger partial charge >= 0.3 is 6.18 Å². The van der Waals surface area contributed by atoms with Gasteiger partial charge < -0.3 is 5.32 Å². The predicted molar refractivity (Wildman–Crippen MR) is 110 cm³/mol. The Labute approximate surface area is 197 Å². The topological polar surface area (TPSA) is 114 Å². The number of alkyl halides is 5. The summed E-state index contributed by atoms with van der Waals surface area (Å²) < 4.78 is 82.4. The van der Waals surface area contributed by atoms with E-state index in [1.165, 1.54) is 12.4 Å². The lowest BCUT2D eigenvalue weighted by molar-refractivity contribution is -0.144. The molecule has 3 aromatic heterocycles. The van der Waals surface area contributed by atoms with Gasteiger partial charge in [-0.15, -0.1) is 4.80 Å². The second-order valence-corrected chi connectivity index (χ2v) is 7.16. The van der Waals surface area contributed by atoms with Crippen molar-refractivity contribution in [2.45, 2.75) is 19.1 Å². The van der Waals surface area contributed by atoms with E-state index < -0.39 is 53.3 Å². The molecule has 184 valence electrons. The van der Waals surface area contributed by atoms with Gasteiger partial charge in [-0.25, -0.2) is 18.2 Å². The van der Waals surface area contributed by atoms with Gasteiger partial charge in [-0.2, -0.15) is 33.7 Å². The van der Waals surface area contributed by atoms with E-state index in [0.29, 0.717) is 10.9 Å². The minimum absolute atomic E-state index is 0.0224. The molecule has 36 heavy (non-hydrogen) atoms. The summed E-state index contributed by atoms with van der Waals surface area (Å²) in [5.41, 5.74) is -4.14. The largest absolute Gasteiger partial charge is 0.433 e. The lowest BCUT2D eigenvalue weighted by atomic mass is 10.1. The van der Waals surface area contributed by atoms with Crippen LogP contribution in [0.5, 0.6) is 0 Å². The van der Waals surface area contributed by atoms with Crippen LogP contribution in [0.4, 0.5) is 32.0 Å². The molecule has 0 saturated carbocycles. The molecule has 0 aliphatic rings. The van der Waals surface area contributed by atoms with E-state index in [2.05, 4.69) is 25.6 Å². The molecule has 0 aliphatic heterocycles. The first kappa shape index (κ1) is 24.4. The lowest BCUT2D eigenvalue weighted by Crippen LogP contribution is -2.22. The summed E-state index contributed by atoms with van der Waals surface area (Å²) in [6.07, 6.45) is -4.04. The summed E-state index contributed by atoms with van der Waals surface area (Å²) in [6.45, 7) is -0.870. The zero-order valence-electron chi connectivity index (χ0n) is 17.7. The molecule has 1 N–H and O–H groups in total. The number of rotatable bonds is 6. The van der Waals surface area contributed by atoms with Crippen LogP contribution in [0.25, 0.3) is 5.82 Å². The van der Waals surface area contributed by atoms with Gasteiger partial charge in [0.15, 0.2) is 11.5 Å². The molecule has 15 heteroatoms. The van der Waals surface area contributed by atoms with Gasteiger partial charge in [-0.3, -0.25) is 9.48 Å². The number of halogens is 6. The molecule has 0 atom stereocenters. The summed E-state index contributed by atoms with van der Waals surface area (Å²) in [5.74, 6) is -2.51. The van der Waals surface area contributed by atoms with Gasteiger partial charge in [0.05, 0.1) is 48.1 Å². The predicted octanol–water partition coefficient (Wildman–Crippen LogP) is 4.13. The van der Waals surface area contributed by atoms with Gasteiger partial charge in [-0.1, -0.05) is 12.1 Å². The molecule has 9 nitrogen and oxygen atoms in total. The summed E-state index contributed by atoms with van der Waals surface area (Å²) in [7, 11) is 0. The molecular weight excluding hydrogens is 494 g/mol.